The number of aryl methyl sites for hydroxylation is 4. The molecule has 10 rings (SSSR count). The Morgan fingerprint density at radius 3 is 1.45 bits per heavy atom. The summed E-state index contributed by atoms with van der Waals surface area (Å²) in [4.78, 5) is 0. The highest BCUT2D eigenvalue weighted by Crippen LogP contribution is 2.49. The fourth-order valence-electron chi connectivity index (χ4n) is 9.89. The third kappa shape index (κ3) is 5.38. The van der Waals surface area contributed by atoms with E-state index in [9.17, 15) is 0 Å². The van der Waals surface area contributed by atoms with E-state index in [-0.39, 0.29) is 0 Å². The third-order valence-electron chi connectivity index (χ3n) is 12.4. The van der Waals surface area contributed by atoms with Crippen molar-refractivity contribution in [3.8, 4) is 44.5 Å². The summed E-state index contributed by atoms with van der Waals surface area (Å²) in [6, 6.07) is 53.3. The van der Waals surface area contributed by atoms with E-state index in [2.05, 4.69) is 199 Å². The molecule has 58 heavy (non-hydrogen) atoms. The Kier molecular flexibility index (Phi) is 8.50. The fraction of sp³-hybridized carbons (Fsp3) is 0.0877. The third-order valence-corrected chi connectivity index (χ3v) is 12.4. The fourth-order valence-corrected chi connectivity index (χ4v) is 9.89. The molecule has 0 spiro atoms. The predicted molar refractivity (Wildman–Crippen MR) is 251 cm³/mol. The summed E-state index contributed by atoms with van der Waals surface area (Å²) in [5, 5.41) is 9.68. The Balaban J connectivity index is 1.25. The normalized spacial score (nSPS) is 11.9. The van der Waals surface area contributed by atoms with E-state index in [1.165, 1.54) is 99.1 Å². The van der Waals surface area contributed by atoms with Crippen molar-refractivity contribution >= 4 is 60.3 Å². The van der Waals surface area contributed by atoms with Gasteiger partial charge in [-0.05, 0) is 163 Å². The Morgan fingerprint density at radius 2 is 0.897 bits per heavy atom. The maximum Gasteiger partial charge on any atom is 0.136 e. The molecule has 0 aliphatic heterocycles. The molecule has 9 aromatic carbocycles. The molecule has 0 bridgehead atoms. The van der Waals surface area contributed by atoms with Crippen LogP contribution in [0.3, 0.4) is 0 Å². The predicted octanol–water partition coefficient (Wildman–Crippen LogP) is 16.5. The van der Waals surface area contributed by atoms with Crippen LogP contribution in [0.1, 0.15) is 33.4 Å². The number of fused-ring (bicyclic) bond motifs is 6. The zero-order chi connectivity index (χ0) is 39.7. The van der Waals surface area contributed by atoms with Gasteiger partial charge in [-0.2, -0.15) is 0 Å². The molecule has 0 N–H and O–H groups in total. The minimum absolute atomic E-state index is 0.878. The zero-order valence-corrected chi connectivity index (χ0v) is 33.7. The van der Waals surface area contributed by atoms with Gasteiger partial charge in [0.25, 0.3) is 0 Å². The first-order chi connectivity index (χ1) is 28.4. The number of furan rings is 1. The van der Waals surface area contributed by atoms with Crippen LogP contribution in [0.5, 0.6) is 0 Å². The zero-order valence-electron chi connectivity index (χ0n) is 33.7. The summed E-state index contributed by atoms with van der Waals surface area (Å²) >= 11 is 0. The van der Waals surface area contributed by atoms with Gasteiger partial charge < -0.3 is 4.42 Å². The number of benzene rings is 9. The second kappa shape index (κ2) is 13.9. The summed E-state index contributed by atoms with van der Waals surface area (Å²) in [7, 11) is 0. The lowest BCUT2D eigenvalue weighted by atomic mass is 9.81. The molecular weight excluding hydrogens is 701 g/mol. The second-order valence-electron chi connectivity index (χ2n) is 15.8. The Morgan fingerprint density at radius 1 is 0.414 bits per heavy atom. The molecule has 0 radical (unpaired) electrons. The molecule has 0 aliphatic rings. The van der Waals surface area contributed by atoms with Crippen molar-refractivity contribution in [2.75, 3.05) is 0 Å². The minimum Gasteiger partial charge on any atom is -0.456 e. The van der Waals surface area contributed by atoms with E-state index < -0.39 is 0 Å². The lowest BCUT2D eigenvalue weighted by Gasteiger charge is -2.22. The molecular formula is C57H44O. The monoisotopic (exact) mass is 744 g/mol. The summed E-state index contributed by atoms with van der Waals surface area (Å²) in [6.45, 7) is 15.2. The first kappa shape index (κ1) is 35.5. The molecule has 1 aromatic heterocycles. The first-order valence-corrected chi connectivity index (χ1v) is 20.2. The van der Waals surface area contributed by atoms with Gasteiger partial charge in [-0.1, -0.05) is 152 Å². The van der Waals surface area contributed by atoms with Gasteiger partial charge in [0.2, 0.25) is 0 Å². The van der Waals surface area contributed by atoms with E-state index in [0.717, 1.165) is 33.1 Å². The molecule has 278 valence electrons. The topological polar surface area (TPSA) is 13.1 Å². The van der Waals surface area contributed by atoms with Crippen LogP contribution >= 0.6 is 0 Å². The number of rotatable bonds is 6. The van der Waals surface area contributed by atoms with Crippen LogP contribution in [0, 0.1) is 34.6 Å². The first-order valence-electron chi connectivity index (χ1n) is 20.2. The molecule has 0 amide bonds. The standard InChI is InChI=1S/C57H44O/c1-7-8-22-40-38(6)53(51-34(2)18-15-19-35(51)3)41-23-9-12-26-44(41)55(40)48-29-17-30-49-56(48)47-32-31-39(33-50(47)58-49)54-42-24-10-13-27-45(42)57(46-28-14-11-25-43(46)54)52-36(4)20-16-21-37(52)5/h7-33H,1H2,2-6H3/b22-8-. The van der Waals surface area contributed by atoms with Gasteiger partial charge in [0.05, 0.1) is 0 Å². The van der Waals surface area contributed by atoms with Crippen molar-refractivity contribution < 1.29 is 4.42 Å². The van der Waals surface area contributed by atoms with Crippen LogP contribution in [0.2, 0.25) is 0 Å². The van der Waals surface area contributed by atoms with Crippen molar-refractivity contribution in [3.05, 3.63) is 198 Å². The Hall–Kier alpha value is -6.96. The Labute approximate surface area is 340 Å². The van der Waals surface area contributed by atoms with Crippen LogP contribution in [-0.2, 0) is 0 Å². The maximum absolute atomic E-state index is 6.88. The summed E-state index contributed by atoms with van der Waals surface area (Å²) in [5.74, 6) is 0. The lowest BCUT2D eigenvalue weighted by Crippen LogP contribution is -1.98. The van der Waals surface area contributed by atoms with E-state index in [0.29, 0.717) is 0 Å². The Bertz CT molecular complexity index is 3250. The highest BCUT2D eigenvalue weighted by molar-refractivity contribution is 6.23. The average Bonchev–Trinajstić information content (AvgIpc) is 3.61. The van der Waals surface area contributed by atoms with Crippen LogP contribution in [-0.4, -0.2) is 0 Å². The van der Waals surface area contributed by atoms with Crippen molar-refractivity contribution in [2.24, 2.45) is 0 Å². The molecule has 0 fully saturated rings. The molecule has 0 atom stereocenters. The quantitative estimate of drug-likeness (QED) is 0.122. The lowest BCUT2D eigenvalue weighted by molar-refractivity contribution is 0.669. The summed E-state index contributed by atoms with van der Waals surface area (Å²) in [5.41, 5.74) is 19.3. The van der Waals surface area contributed by atoms with Crippen LogP contribution < -0.4 is 0 Å². The molecule has 10 aromatic rings. The van der Waals surface area contributed by atoms with Crippen molar-refractivity contribution in [3.63, 3.8) is 0 Å². The number of hydrogen-bond acceptors (Lipinski definition) is 1. The molecule has 1 nitrogen and oxygen atoms in total. The van der Waals surface area contributed by atoms with Crippen LogP contribution in [0.4, 0.5) is 0 Å². The van der Waals surface area contributed by atoms with Gasteiger partial charge in [-0.3, -0.25) is 0 Å². The SMILES string of the molecule is C=C/C=C\c1c(C)c(-c2c(C)cccc2C)c2ccccc2c1-c1cccc2oc3cc(-c4c5ccccc5c(-c5c(C)cccc5C)c5ccccc45)ccc3c12. The van der Waals surface area contributed by atoms with Gasteiger partial charge in [-0.15, -0.1) is 0 Å². The molecule has 0 aliphatic carbocycles. The van der Waals surface area contributed by atoms with E-state index in [4.69, 9.17) is 4.42 Å². The van der Waals surface area contributed by atoms with E-state index in [1.54, 1.807) is 0 Å². The molecule has 1 heterocycles. The maximum atomic E-state index is 6.88. The van der Waals surface area contributed by atoms with Gasteiger partial charge in [0, 0.05) is 10.8 Å². The van der Waals surface area contributed by atoms with Gasteiger partial charge >= 0.3 is 0 Å². The molecule has 0 saturated heterocycles. The van der Waals surface area contributed by atoms with Gasteiger partial charge in [-0.25, -0.2) is 0 Å². The average molecular weight is 745 g/mol. The largest absolute Gasteiger partial charge is 0.456 e. The molecule has 0 unspecified atom stereocenters. The van der Waals surface area contributed by atoms with Crippen molar-refractivity contribution in [2.45, 2.75) is 34.6 Å². The summed E-state index contributed by atoms with van der Waals surface area (Å²) in [6.07, 6.45) is 6.17. The molecule has 1 heteroatoms. The highest BCUT2D eigenvalue weighted by Gasteiger charge is 2.24. The number of allylic oxidation sites excluding steroid dienone is 2. The van der Waals surface area contributed by atoms with E-state index >= 15 is 0 Å². The van der Waals surface area contributed by atoms with Gasteiger partial charge in [0.1, 0.15) is 11.2 Å². The minimum atomic E-state index is 0.878. The highest BCUT2D eigenvalue weighted by atomic mass is 16.3. The van der Waals surface area contributed by atoms with Crippen molar-refractivity contribution in [1.82, 2.24) is 0 Å². The van der Waals surface area contributed by atoms with Gasteiger partial charge in [0.15, 0.2) is 0 Å². The van der Waals surface area contributed by atoms with Crippen LogP contribution in [0.15, 0.2) is 169 Å². The smallest absolute Gasteiger partial charge is 0.136 e. The van der Waals surface area contributed by atoms with Crippen LogP contribution in [0.25, 0.3) is 105 Å². The summed E-state index contributed by atoms with van der Waals surface area (Å²) < 4.78 is 6.88. The second-order valence-corrected chi connectivity index (χ2v) is 15.8. The van der Waals surface area contributed by atoms with Crippen molar-refractivity contribution in [1.29, 1.82) is 0 Å². The number of hydrogen-bond donors (Lipinski definition) is 0. The van der Waals surface area contributed by atoms with E-state index in [1.807, 2.05) is 6.08 Å². The molecule has 0 saturated carbocycles.